The Bertz CT molecular complexity index is 643. The van der Waals surface area contributed by atoms with Crippen LogP contribution in [0.25, 0.3) is 0 Å². The summed E-state index contributed by atoms with van der Waals surface area (Å²) in [6.45, 7) is 8.12. The number of aromatic nitrogens is 2. The maximum Gasteiger partial charge on any atom is 0.490 e. The van der Waals surface area contributed by atoms with E-state index in [2.05, 4.69) is 23.1 Å². The first kappa shape index (κ1) is 23.6. The Morgan fingerprint density at radius 3 is 2.59 bits per heavy atom. The van der Waals surface area contributed by atoms with E-state index in [1.165, 1.54) is 12.0 Å². The average molecular weight is 421 g/mol. The van der Waals surface area contributed by atoms with Gasteiger partial charge in [-0.1, -0.05) is 0 Å². The first-order valence-electron chi connectivity index (χ1n) is 9.87. The molecule has 1 aromatic heterocycles. The van der Waals surface area contributed by atoms with Crippen LogP contribution < -0.4 is 0 Å². The van der Waals surface area contributed by atoms with Gasteiger partial charge in [0.05, 0.1) is 11.8 Å². The number of carboxylic acids is 1. The second kappa shape index (κ2) is 10.4. The molecule has 0 bridgehead atoms. The summed E-state index contributed by atoms with van der Waals surface area (Å²) in [6, 6.07) is 0. The highest BCUT2D eigenvalue weighted by molar-refractivity contribution is 5.73. The van der Waals surface area contributed by atoms with Crippen molar-refractivity contribution in [2.45, 2.75) is 57.5 Å². The summed E-state index contributed by atoms with van der Waals surface area (Å²) in [7, 11) is 1.79. The molecular weight excluding hydrogens is 391 g/mol. The molecule has 1 unspecified atom stereocenters. The maximum atomic E-state index is 10.6. The lowest BCUT2D eigenvalue weighted by Gasteiger charge is -2.42. The minimum atomic E-state index is -5.08. The van der Waals surface area contributed by atoms with Crippen molar-refractivity contribution in [2.24, 2.45) is 5.92 Å². The molecule has 7 nitrogen and oxygen atoms in total. The van der Waals surface area contributed by atoms with Crippen molar-refractivity contribution in [3.05, 3.63) is 18.0 Å². The van der Waals surface area contributed by atoms with Crippen molar-refractivity contribution in [3.63, 3.8) is 0 Å². The number of carboxylic acid groups (broad SMARTS) is 1. The van der Waals surface area contributed by atoms with E-state index in [1.54, 1.807) is 7.11 Å². The van der Waals surface area contributed by atoms with Crippen molar-refractivity contribution < 1.29 is 32.5 Å². The van der Waals surface area contributed by atoms with Crippen LogP contribution in [-0.4, -0.2) is 70.9 Å². The average Bonchev–Trinajstić information content (AvgIpc) is 3.28. The Labute approximate surface area is 168 Å². The highest BCUT2D eigenvalue weighted by atomic mass is 19.4. The number of aryl methyl sites for hydroxylation is 1. The molecule has 0 amide bonds. The molecule has 2 saturated heterocycles. The van der Waals surface area contributed by atoms with E-state index in [1.807, 2.05) is 10.9 Å². The zero-order valence-corrected chi connectivity index (χ0v) is 17.0. The van der Waals surface area contributed by atoms with Gasteiger partial charge in [0.2, 0.25) is 0 Å². The highest BCUT2D eigenvalue weighted by Gasteiger charge is 2.45. The largest absolute Gasteiger partial charge is 0.490 e. The maximum absolute atomic E-state index is 10.6. The van der Waals surface area contributed by atoms with Gasteiger partial charge in [-0.3, -0.25) is 9.58 Å². The second-order valence-corrected chi connectivity index (χ2v) is 7.46. The zero-order chi connectivity index (χ0) is 21.5. The number of carbonyl (C=O) groups is 1. The van der Waals surface area contributed by atoms with Gasteiger partial charge in [-0.25, -0.2) is 4.79 Å². The SMILES string of the molecule is CCn1cc(CN2CCC3(CC2)OCCC3CCOC)cn1.O=C(O)C(F)(F)F. The van der Waals surface area contributed by atoms with E-state index >= 15 is 0 Å². The predicted octanol–water partition coefficient (Wildman–Crippen LogP) is 2.94. The van der Waals surface area contributed by atoms with Gasteiger partial charge in [0, 0.05) is 58.3 Å². The molecule has 1 spiro atoms. The lowest BCUT2D eigenvalue weighted by molar-refractivity contribution is -0.192. The van der Waals surface area contributed by atoms with Crippen molar-refractivity contribution in [1.29, 1.82) is 0 Å². The van der Waals surface area contributed by atoms with E-state index < -0.39 is 12.1 Å². The summed E-state index contributed by atoms with van der Waals surface area (Å²) < 4.78 is 45.2. The molecule has 0 aliphatic carbocycles. The highest BCUT2D eigenvalue weighted by Crippen LogP contribution is 2.42. The fraction of sp³-hybridized carbons (Fsp3) is 0.789. The molecule has 0 radical (unpaired) electrons. The third-order valence-corrected chi connectivity index (χ3v) is 5.63. The van der Waals surface area contributed by atoms with Crippen molar-refractivity contribution in [1.82, 2.24) is 14.7 Å². The summed E-state index contributed by atoms with van der Waals surface area (Å²) in [4.78, 5) is 11.4. The van der Waals surface area contributed by atoms with Crippen molar-refractivity contribution in [3.8, 4) is 0 Å². The van der Waals surface area contributed by atoms with Crippen LogP contribution in [0.2, 0.25) is 0 Å². The number of halogens is 3. The van der Waals surface area contributed by atoms with Gasteiger partial charge in [-0.2, -0.15) is 18.3 Å². The number of rotatable bonds is 6. The van der Waals surface area contributed by atoms with Gasteiger partial charge in [-0.05, 0) is 38.5 Å². The van der Waals surface area contributed by atoms with Crippen LogP contribution in [0.1, 0.15) is 38.2 Å². The standard InChI is InChI=1S/C17H29N3O2.C2HF3O2/c1-3-20-14-15(12-18-20)13-19-8-6-17(7-9-19)16(4-10-21-2)5-11-22-17;3-2(4,5)1(6)7/h12,14,16H,3-11,13H2,1-2H3;(H,6,7). The number of hydrogen-bond acceptors (Lipinski definition) is 5. The molecule has 0 saturated carbocycles. The molecule has 29 heavy (non-hydrogen) atoms. The number of aliphatic carboxylic acids is 1. The Morgan fingerprint density at radius 1 is 1.41 bits per heavy atom. The van der Waals surface area contributed by atoms with Crippen LogP contribution in [-0.2, 0) is 27.4 Å². The smallest absolute Gasteiger partial charge is 0.475 e. The van der Waals surface area contributed by atoms with Gasteiger partial charge in [0.1, 0.15) is 0 Å². The van der Waals surface area contributed by atoms with E-state index in [4.69, 9.17) is 19.4 Å². The summed E-state index contributed by atoms with van der Waals surface area (Å²) in [5.41, 5.74) is 1.45. The summed E-state index contributed by atoms with van der Waals surface area (Å²) in [6.07, 6.45) is 3.73. The molecule has 2 aliphatic rings. The lowest BCUT2D eigenvalue weighted by Crippen LogP contribution is -2.47. The van der Waals surface area contributed by atoms with E-state index in [9.17, 15) is 13.2 Å². The van der Waals surface area contributed by atoms with Gasteiger partial charge in [-0.15, -0.1) is 0 Å². The first-order valence-corrected chi connectivity index (χ1v) is 9.87. The first-order chi connectivity index (χ1) is 13.7. The third-order valence-electron chi connectivity index (χ3n) is 5.63. The van der Waals surface area contributed by atoms with Gasteiger partial charge in [0.15, 0.2) is 0 Å². The predicted molar refractivity (Wildman–Crippen MR) is 99.4 cm³/mol. The van der Waals surface area contributed by atoms with Crippen molar-refractivity contribution >= 4 is 5.97 Å². The number of ether oxygens (including phenoxy) is 2. The number of hydrogen-bond donors (Lipinski definition) is 1. The molecule has 3 heterocycles. The molecule has 3 rings (SSSR count). The number of nitrogens with zero attached hydrogens (tertiary/aromatic N) is 3. The Kier molecular flexibility index (Phi) is 8.47. The van der Waals surface area contributed by atoms with Crippen molar-refractivity contribution in [2.75, 3.05) is 33.4 Å². The molecule has 1 aromatic rings. The van der Waals surface area contributed by atoms with Crippen LogP contribution in [0.5, 0.6) is 0 Å². The van der Waals surface area contributed by atoms with Crippen LogP contribution in [0, 0.1) is 5.92 Å². The summed E-state index contributed by atoms with van der Waals surface area (Å²) >= 11 is 0. The van der Waals surface area contributed by atoms with Gasteiger partial charge in [0.25, 0.3) is 0 Å². The molecule has 166 valence electrons. The lowest BCUT2D eigenvalue weighted by atomic mass is 9.78. The third kappa shape index (κ3) is 6.68. The molecule has 1 N–H and O–H groups in total. The molecular formula is C19H30F3N3O4. The number of likely N-dealkylation sites (tertiary alicyclic amines) is 1. The topological polar surface area (TPSA) is 76.8 Å². The Balaban J connectivity index is 0.000000370. The van der Waals surface area contributed by atoms with Crippen LogP contribution in [0.3, 0.4) is 0 Å². The summed E-state index contributed by atoms with van der Waals surface area (Å²) in [5, 5.41) is 11.5. The molecule has 2 aliphatic heterocycles. The molecule has 10 heteroatoms. The van der Waals surface area contributed by atoms with E-state index in [0.717, 1.165) is 58.7 Å². The van der Waals surface area contributed by atoms with Crippen LogP contribution in [0.4, 0.5) is 13.2 Å². The Hall–Kier alpha value is -1.65. The second-order valence-electron chi connectivity index (χ2n) is 7.46. The fourth-order valence-corrected chi connectivity index (χ4v) is 4.01. The molecule has 2 fully saturated rings. The minimum absolute atomic E-state index is 0.128. The molecule has 1 atom stereocenters. The van der Waals surface area contributed by atoms with Crippen LogP contribution >= 0.6 is 0 Å². The summed E-state index contributed by atoms with van der Waals surface area (Å²) in [5.74, 6) is -2.08. The van der Waals surface area contributed by atoms with Gasteiger partial charge < -0.3 is 14.6 Å². The number of piperidine rings is 1. The monoisotopic (exact) mass is 421 g/mol. The Morgan fingerprint density at radius 2 is 2.07 bits per heavy atom. The zero-order valence-electron chi connectivity index (χ0n) is 17.0. The van der Waals surface area contributed by atoms with Crippen LogP contribution in [0.15, 0.2) is 12.4 Å². The molecule has 0 aromatic carbocycles. The van der Waals surface area contributed by atoms with E-state index in [-0.39, 0.29) is 5.60 Å². The normalized spacial score (nSPS) is 21.8. The number of alkyl halides is 3. The van der Waals surface area contributed by atoms with Gasteiger partial charge >= 0.3 is 12.1 Å². The fourth-order valence-electron chi connectivity index (χ4n) is 4.01. The quantitative estimate of drug-likeness (QED) is 0.761. The number of methoxy groups -OCH3 is 1. The minimum Gasteiger partial charge on any atom is -0.475 e. The van der Waals surface area contributed by atoms with E-state index in [0.29, 0.717) is 5.92 Å².